The van der Waals surface area contributed by atoms with Crippen LogP contribution in [-0.2, 0) is 11.2 Å². The van der Waals surface area contributed by atoms with Crippen LogP contribution in [0.2, 0.25) is 10.0 Å². The summed E-state index contributed by atoms with van der Waals surface area (Å²) in [6.45, 7) is 5.83. The second-order valence-electron chi connectivity index (χ2n) is 7.42. The minimum atomic E-state index is -0.151. The molecular formula is C23H21Cl2N5OS. The zero-order chi connectivity index (χ0) is 22.8. The quantitative estimate of drug-likeness (QED) is 0.355. The lowest BCUT2D eigenvalue weighted by Crippen LogP contribution is -2.15. The summed E-state index contributed by atoms with van der Waals surface area (Å²) >= 11 is 13.5. The lowest BCUT2D eigenvalue weighted by atomic mass is 10.0. The van der Waals surface area contributed by atoms with Crippen LogP contribution in [0.4, 0.5) is 5.69 Å². The van der Waals surface area contributed by atoms with E-state index in [0.29, 0.717) is 33.1 Å². The molecule has 4 aromatic rings. The highest BCUT2D eigenvalue weighted by atomic mass is 35.5. The summed E-state index contributed by atoms with van der Waals surface area (Å²) in [5, 5.41) is 9.26. The molecule has 0 saturated heterocycles. The Morgan fingerprint density at radius 3 is 2.66 bits per heavy atom. The van der Waals surface area contributed by atoms with Gasteiger partial charge in [-0.2, -0.15) is 4.98 Å². The van der Waals surface area contributed by atoms with Gasteiger partial charge in [0.25, 0.3) is 5.78 Å². The topological polar surface area (TPSA) is 72.2 Å². The fourth-order valence-corrected chi connectivity index (χ4v) is 4.42. The van der Waals surface area contributed by atoms with E-state index in [4.69, 9.17) is 23.2 Å². The van der Waals surface area contributed by atoms with E-state index in [-0.39, 0.29) is 11.7 Å². The van der Waals surface area contributed by atoms with Crippen LogP contribution in [-0.4, -0.2) is 31.2 Å². The average Bonchev–Trinajstić information content (AvgIpc) is 3.16. The number of aryl methyl sites for hydroxylation is 2. The number of halogens is 2. The van der Waals surface area contributed by atoms with Crippen molar-refractivity contribution in [2.75, 3.05) is 11.1 Å². The molecule has 0 radical (unpaired) electrons. The Bertz CT molecular complexity index is 1320. The molecule has 2 aromatic carbocycles. The number of aromatic nitrogens is 4. The highest BCUT2D eigenvalue weighted by Crippen LogP contribution is 2.24. The largest absolute Gasteiger partial charge is 0.325 e. The molecule has 4 rings (SSSR count). The van der Waals surface area contributed by atoms with Gasteiger partial charge in [0.05, 0.1) is 5.75 Å². The second-order valence-corrected chi connectivity index (χ2v) is 9.21. The third-order valence-corrected chi connectivity index (χ3v) is 6.66. The minimum Gasteiger partial charge on any atom is -0.325 e. The van der Waals surface area contributed by atoms with Gasteiger partial charge >= 0.3 is 0 Å². The Balaban J connectivity index is 1.50. The standard InChI is InChI=1S/C23H21Cl2N5OS/c1-13-19(25)8-5-9-20(13)27-21(31)12-32-23-28-22-26-14(2)18(15(3)30(22)29-23)11-16-6-4-7-17(24)10-16/h4-10H,11-12H2,1-3H3,(H,27,31). The Morgan fingerprint density at radius 2 is 1.88 bits per heavy atom. The van der Waals surface area contributed by atoms with Gasteiger partial charge < -0.3 is 5.32 Å². The highest BCUT2D eigenvalue weighted by molar-refractivity contribution is 7.99. The monoisotopic (exact) mass is 485 g/mol. The van der Waals surface area contributed by atoms with E-state index < -0.39 is 0 Å². The summed E-state index contributed by atoms with van der Waals surface area (Å²) in [5.41, 5.74) is 5.58. The maximum atomic E-state index is 12.4. The molecule has 0 unspecified atom stereocenters. The van der Waals surface area contributed by atoms with Crippen LogP contribution < -0.4 is 5.32 Å². The minimum absolute atomic E-state index is 0.151. The molecule has 164 valence electrons. The Kier molecular flexibility index (Phi) is 6.69. The molecule has 2 heterocycles. The fourth-order valence-electron chi connectivity index (χ4n) is 3.42. The number of thioether (sulfide) groups is 1. The van der Waals surface area contributed by atoms with Gasteiger partial charge in [0.15, 0.2) is 0 Å². The molecule has 0 atom stereocenters. The molecule has 0 bridgehead atoms. The van der Waals surface area contributed by atoms with E-state index in [9.17, 15) is 4.79 Å². The molecule has 0 aliphatic heterocycles. The smallest absolute Gasteiger partial charge is 0.253 e. The maximum absolute atomic E-state index is 12.4. The molecule has 1 N–H and O–H groups in total. The number of nitrogens with zero attached hydrogens (tertiary/aromatic N) is 4. The summed E-state index contributed by atoms with van der Waals surface area (Å²) in [5.74, 6) is 0.543. The predicted molar refractivity (Wildman–Crippen MR) is 130 cm³/mol. The number of nitrogens with one attached hydrogen (secondary N) is 1. The zero-order valence-corrected chi connectivity index (χ0v) is 20.1. The number of carbonyl (C=O) groups excluding carboxylic acids is 1. The SMILES string of the molecule is Cc1nc2nc(SCC(=O)Nc3cccc(Cl)c3C)nn2c(C)c1Cc1cccc(Cl)c1. The van der Waals surface area contributed by atoms with Gasteiger partial charge in [0, 0.05) is 33.5 Å². The molecule has 32 heavy (non-hydrogen) atoms. The van der Waals surface area contributed by atoms with Gasteiger partial charge in [-0.25, -0.2) is 9.50 Å². The fraction of sp³-hybridized carbons (Fsp3) is 0.217. The first-order valence-electron chi connectivity index (χ1n) is 9.97. The van der Waals surface area contributed by atoms with Crippen molar-refractivity contribution in [1.82, 2.24) is 19.6 Å². The molecule has 6 nitrogen and oxygen atoms in total. The van der Waals surface area contributed by atoms with E-state index >= 15 is 0 Å². The van der Waals surface area contributed by atoms with Gasteiger partial charge in [-0.15, -0.1) is 5.10 Å². The van der Waals surface area contributed by atoms with Crippen LogP contribution in [0.15, 0.2) is 47.6 Å². The second kappa shape index (κ2) is 9.48. The van der Waals surface area contributed by atoms with Crippen molar-refractivity contribution in [1.29, 1.82) is 0 Å². The molecule has 0 fully saturated rings. The lowest BCUT2D eigenvalue weighted by Gasteiger charge is -2.10. The Hall–Kier alpha value is -2.61. The van der Waals surface area contributed by atoms with Crippen LogP contribution in [0.25, 0.3) is 5.78 Å². The zero-order valence-electron chi connectivity index (χ0n) is 17.8. The molecule has 0 saturated carbocycles. The van der Waals surface area contributed by atoms with Gasteiger partial charge in [-0.3, -0.25) is 4.79 Å². The number of hydrogen-bond donors (Lipinski definition) is 1. The first kappa shape index (κ1) is 22.6. The first-order valence-corrected chi connectivity index (χ1v) is 11.7. The third-order valence-electron chi connectivity index (χ3n) is 5.17. The number of benzene rings is 2. The van der Waals surface area contributed by atoms with Crippen molar-refractivity contribution in [3.05, 3.63) is 80.6 Å². The third kappa shape index (κ3) is 4.90. The first-order chi connectivity index (χ1) is 15.3. The normalized spacial score (nSPS) is 11.2. The number of amides is 1. The number of anilines is 1. The van der Waals surface area contributed by atoms with E-state index in [0.717, 1.165) is 28.1 Å². The molecule has 9 heteroatoms. The maximum Gasteiger partial charge on any atom is 0.253 e. The van der Waals surface area contributed by atoms with Crippen molar-refractivity contribution in [2.45, 2.75) is 32.3 Å². The highest BCUT2D eigenvalue weighted by Gasteiger charge is 2.15. The lowest BCUT2D eigenvalue weighted by molar-refractivity contribution is -0.113. The van der Waals surface area contributed by atoms with Crippen LogP contribution in [0.1, 0.15) is 28.1 Å². The van der Waals surface area contributed by atoms with Crippen molar-refractivity contribution in [3.63, 3.8) is 0 Å². The Labute approximate surface area is 200 Å². The van der Waals surface area contributed by atoms with Crippen molar-refractivity contribution in [3.8, 4) is 0 Å². The summed E-state index contributed by atoms with van der Waals surface area (Å²) < 4.78 is 1.73. The molecule has 1 amide bonds. The van der Waals surface area contributed by atoms with E-state index in [1.807, 2.05) is 51.1 Å². The van der Waals surface area contributed by atoms with E-state index in [1.54, 1.807) is 16.6 Å². The van der Waals surface area contributed by atoms with Crippen LogP contribution in [0, 0.1) is 20.8 Å². The van der Waals surface area contributed by atoms with Crippen LogP contribution in [0.5, 0.6) is 0 Å². The molecule has 0 spiro atoms. The molecule has 0 aliphatic rings. The van der Waals surface area contributed by atoms with Gasteiger partial charge in [0.1, 0.15) is 0 Å². The summed E-state index contributed by atoms with van der Waals surface area (Å²) in [6, 6.07) is 13.2. The van der Waals surface area contributed by atoms with Gasteiger partial charge in [-0.1, -0.05) is 53.2 Å². The Morgan fingerprint density at radius 1 is 1.09 bits per heavy atom. The molecule has 2 aromatic heterocycles. The van der Waals surface area contributed by atoms with Gasteiger partial charge in [-0.05, 0) is 61.7 Å². The predicted octanol–water partition coefficient (Wildman–Crippen LogP) is 5.68. The summed E-state index contributed by atoms with van der Waals surface area (Å²) in [7, 11) is 0. The average molecular weight is 486 g/mol. The van der Waals surface area contributed by atoms with E-state index in [1.165, 1.54) is 11.8 Å². The van der Waals surface area contributed by atoms with Crippen LogP contribution in [0.3, 0.4) is 0 Å². The number of hydrogen-bond acceptors (Lipinski definition) is 5. The van der Waals surface area contributed by atoms with Crippen molar-refractivity contribution >= 4 is 52.3 Å². The molecular weight excluding hydrogens is 465 g/mol. The number of fused-ring (bicyclic) bond motifs is 1. The molecule has 0 aliphatic carbocycles. The van der Waals surface area contributed by atoms with Crippen molar-refractivity contribution < 1.29 is 4.79 Å². The van der Waals surface area contributed by atoms with Crippen LogP contribution >= 0.6 is 35.0 Å². The summed E-state index contributed by atoms with van der Waals surface area (Å²) in [6.07, 6.45) is 0.699. The van der Waals surface area contributed by atoms with E-state index in [2.05, 4.69) is 20.4 Å². The van der Waals surface area contributed by atoms with Crippen molar-refractivity contribution in [2.24, 2.45) is 0 Å². The number of rotatable bonds is 6. The van der Waals surface area contributed by atoms with Gasteiger partial charge in [0.2, 0.25) is 11.1 Å². The number of carbonyl (C=O) groups is 1. The summed E-state index contributed by atoms with van der Waals surface area (Å²) in [4.78, 5) is 21.5.